The minimum absolute atomic E-state index is 0.172. The van der Waals surface area contributed by atoms with E-state index in [1.165, 1.54) is 12.1 Å². The van der Waals surface area contributed by atoms with Crippen LogP contribution in [-0.2, 0) is 0 Å². The first-order valence-corrected chi connectivity index (χ1v) is 5.45. The van der Waals surface area contributed by atoms with Gasteiger partial charge in [0.15, 0.2) is 5.78 Å². The Kier molecular flexibility index (Phi) is 3.29. The van der Waals surface area contributed by atoms with Crippen molar-refractivity contribution in [1.29, 1.82) is 0 Å². The molecule has 5 heteroatoms. The van der Waals surface area contributed by atoms with Crippen LogP contribution in [0.2, 0.25) is 0 Å². The highest BCUT2D eigenvalue weighted by Crippen LogP contribution is 2.22. The largest absolute Gasteiger partial charge is 0.430 e. The zero-order valence-electron chi connectivity index (χ0n) is 9.74. The van der Waals surface area contributed by atoms with Crippen LogP contribution in [0.25, 0.3) is 10.8 Å². The van der Waals surface area contributed by atoms with E-state index in [0.29, 0.717) is 6.08 Å². The summed E-state index contributed by atoms with van der Waals surface area (Å²) >= 11 is 0. The Balaban J connectivity index is 2.37. The maximum absolute atomic E-state index is 12.2. The van der Waals surface area contributed by atoms with Gasteiger partial charge >= 0.3 is 6.18 Å². The molecular formula is C14H10F3NO. The van der Waals surface area contributed by atoms with Gasteiger partial charge in [-0.2, -0.15) is 13.2 Å². The van der Waals surface area contributed by atoms with E-state index in [4.69, 9.17) is 5.73 Å². The molecule has 2 N–H and O–H groups in total. The summed E-state index contributed by atoms with van der Waals surface area (Å²) in [6.45, 7) is 0. The van der Waals surface area contributed by atoms with Gasteiger partial charge in [0, 0.05) is 11.6 Å². The lowest BCUT2D eigenvalue weighted by atomic mass is 10.0. The molecule has 0 aromatic heterocycles. The molecule has 0 saturated heterocycles. The van der Waals surface area contributed by atoms with Crippen LogP contribution in [-0.4, -0.2) is 12.0 Å². The zero-order valence-corrected chi connectivity index (χ0v) is 9.74. The van der Waals surface area contributed by atoms with Gasteiger partial charge in [0.2, 0.25) is 0 Å². The highest BCUT2D eigenvalue weighted by atomic mass is 19.4. The van der Waals surface area contributed by atoms with Crippen LogP contribution in [0.3, 0.4) is 0 Å². The molecule has 0 bridgehead atoms. The van der Waals surface area contributed by atoms with Gasteiger partial charge in [-0.05, 0) is 16.8 Å². The fourth-order valence-electron chi connectivity index (χ4n) is 1.65. The first-order valence-electron chi connectivity index (χ1n) is 5.45. The van der Waals surface area contributed by atoms with Crippen LogP contribution in [0.5, 0.6) is 0 Å². The number of nitrogens with two attached hydrogens (primary N) is 1. The van der Waals surface area contributed by atoms with Gasteiger partial charge in [-0.3, -0.25) is 4.79 Å². The zero-order chi connectivity index (χ0) is 14.0. The Bertz CT molecular complexity index is 659. The summed E-state index contributed by atoms with van der Waals surface area (Å²) in [7, 11) is 0. The van der Waals surface area contributed by atoms with Crippen molar-refractivity contribution in [2.75, 3.05) is 0 Å². The number of halogens is 3. The van der Waals surface area contributed by atoms with E-state index < -0.39 is 17.7 Å². The van der Waals surface area contributed by atoms with Crippen LogP contribution in [0.4, 0.5) is 13.2 Å². The topological polar surface area (TPSA) is 43.1 Å². The quantitative estimate of drug-likeness (QED) is 0.667. The molecule has 0 saturated carbocycles. The standard InChI is InChI=1S/C14H10F3NO/c15-14(16,17)13(18)8-12(19)11-6-5-9-3-1-2-4-10(9)7-11/h1-8H,18H2/b13-8+. The molecule has 2 aromatic rings. The summed E-state index contributed by atoms with van der Waals surface area (Å²) in [6, 6.07) is 12.0. The normalized spacial score (nSPS) is 12.7. The molecule has 2 aromatic carbocycles. The van der Waals surface area contributed by atoms with Crippen molar-refractivity contribution >= 4 is 16.6 Å². The number of carbonyl (C=O) groups excluding carboxylic acids is 1. The van der Waals surface area contributed by atoms with Crippen molar-refractivity contribution in [3.05, 3.63) is 59.8 Å². The van der Waals surface area contributed by atoms with Crippen molar-refractivity contribution in [3.63, 3.8) is 0 Å². The van der Waals surface area contributed by atoms with Crippen molar-refractivity contribution < 1.29 is 18.0 Å². The number of benzene rings is 2. The number of hydrogen-bond acceptors (Lipinski definition) is 2. The second-order valence-electron chi connectivity index (χ2n) is 4.02. The number of hydrogen-bond donors (Lipinski definition) is 1. The van der Waals surface area contributed by atoms with Crippen molar-refractivity contribution in [1.82, 2.24) is 0 Å². The van der Waals surface area contributed by atoms with E-state index in [1.54, 1.807) is 18.2 Å². The molecule has 0 spiro atoms. The lowest BCUT2D eigenvalue weighted by Crippen LogP contribution is -2.20. The molecule has 98 valence electrons. The Hall–Kier alpha value is -2.30. The maximum Gasteiger partial charge on any atom is 0.430 e. The van der Waals surface area contributed by atoms with Crippen molar-refractivity contribution in [3.8, 4) is 0 Å². The summed E-state index contributed by atoms with van der Waals surface area (Å²) in [6.07, 6.45) is -4.28. The van der Waals surface area contributed by atoms with Gasteiger partial charge in [-0.15, -0.1) is 0 Å². The van der Waals surface area contributed by atoms with E-state index in [-0.39, 0.29) is 5.56 Å². The van der Waals surface area contributed by atoms with Gasteiger partial charge in [-0.25, -0.2) is 0 Å². The van der Waals surface area contributed by atoms with Crippen LogP contribution >= 0.6 is 0 Å². The number of rotatable bonds is 2. The molecule has 0 aliphatic carbocycles. The summed E-state index contributed by atoms with van der Waals surface area (Å²) in [5.74, 6) is -0.763. The fourth-order valence-corrected chi connectivity index (χ4v) is 1.65. The van der Waals surface area contributed by atoms with E-state index in [2.05, 4.69) is 0 Å². The first-order chi connectivity index (χ1) is 8.88. The SMILES string of the molecule is N/C(=C/C(=O)c1ccc2ccccc2c1)C(F)(F)F. The van der Waals surface area contributed by atoms with Crippen LogP contribution in [0.15, 0.2) is 54.2 Å². The summed E-state index contributed by atoms with van der Waals surface area (Å²) in [5.41, 5.74) is 3.59. The van der Waals surface area contributed by atoms with Crippen molar-refractivity contribution in [2.45, 2.75) is 6.18 Å². The monoisotopic (exact) mass is 265 g/mol. The summed E-state index contributed by atoms with van der Waals surface area (Å²) < 4.78 is 36.7. The predicted molar refractivity (Wildman–Crippen MR) is 66.6 cm³/mol. The van der Waals surface area contributed by atoms with E-state index in [9.17, 15) is 18.0 Å². The molecule has 19 heavy (non-hydrogen) atoms. The minimum atomic E-state index is -4.69. The van der Waals surface area contributed by atoms with E-state index in [0.717, 1.165) is 10.8 Å². The Morgan fingerprint density at radius 2 is 1.68 bits per heavy atom. The highest BCUT2D eigenvalue weighted by molar-refractivity contribution is 6.07. The molecule has 0 aliphatic heterocycles. The smallest absolute Gasteiger partial charge is 0.395 e. The molecule has 2 rings (SSSR count). The third kappa shape index (κ3) is 2.93. The lowest BCUT2D eigenvalue weighted by Gasteiger charge is -2.06. The molecule has 0 amide bonds. The number of allylic oxidation sites excluding steroid dienone is 2. The van der Waals surface area contributed by atoms with Crippen LogP contribution < -0.4 is 5.73 Å². The third-order valence-corrected chi connectivity index (χ3v) is 2.65. The molecule has 0 heterocycles. The van der Waals surface area contributed by atoms with Gasteiger partial charge in [0.25, 0.3) is 0 Å². The Labute approximate surface area is 107 Å². The maximum atomic E-state index is 12.2. The molecular weight excluding hydrogens is 255 g/mol. The number of carbonyl (C=O) groups is 1. The number of alkyl halides is 3. The van der Waals surface area contributed by atoms with Crippen LogP contribution in [0.1, 0.15) is 10.4 Å². The highest BCUT2D eigenvalue weighted by Gasteiger charge is 2.32. The lowest BCUT2D eigenvalue weighted by molar-refractivity contribution is -0.0927. The van der Waals surface area contributed by atoms with Gasteiger partial charge in [0.05, 0.1) is 0 Å². The minimum Gasteiger partial charge on any atom is -0.395 e. The summed E-state index contributed by atoms with van der Waals surface area (Å²) in [5, 5.41) is 1.69. The van der Waals surface area contributed by atoms with Crippen LogP contribution in [0, 0.1) is 0 Å². The predicted octanol–water partition coefficient (Wildman–Crippen LogP) is 3.43. The first kappa shape index (κ1) is 13.1. The molecule has 0 atom stereocenters. The molecule has 0 aliphatic rings. The average molecular weight is 265 g/mol. The number of fused-ring (bicyclic) bond motifs is 1. The van der Waals surface area contributed by atoms with Gasteiger partial charge in [0.1, 0.15) is 5.70 Å². The van der Waals surface area contributed by atoms with E-state index >= 15 is 0 Å². The third-order valence-electron chi connectivity index (χ3n) is 2.65. The Morgan fingerprint density at radius 1 is 1.05 bits per heavy atom. The molecule has 0 fully saturated rings. The molecule has 2 nitrogen and oxygen atoms in total. The second kappa shape index (κ2) is 4.76. The average Bonchev–Trinajstić information content (AvgIpc) is 2.37. The number of ketones is 1. The van der Waals surface area contributed by atoms with Gasteiger partial charge < -0.3 is 5.73 Å². The van der Waals surface area contributed by atoms with E-state index in [1.807, 2.05) is 12.1 Å². The molecule has 0 unspecified atom stereocenters. The fraction of sp³-hybridized carbons (Fsp3) is 0.0714. The van der Waals surface area contributed by atoms with Crippen molar-refractivity contribution in [2.24, 2.45) is 5.73 Å². The molecule has 0 radical (unpaired) electrons. The summed E-state index contributed by atoms with van der Waals surface area (Å²) in [4.78, 5) is 11.7. The second-order valence-corrected chi connectivity index (χ2v) is 4.02. The Morgan fingerprint density at radius 3 is 2.32 bits per heavy atom. The van der Waals surface area contributed by atoms with Gasteiger partial charge in [-0.1, -0.05) is 36.4 Å².